The van der Waals surface area contributed by atoms with Crippen LogP contribution in [0.3, 0.4) is 0 Å². The smallest absolute Gasteiger partial charge is 0.254 e. The SMILES string of the molecule is CCNc1c(F)cc(C(=O)N(CCO)CCO)cc1F. The number of nitrogens with one attached hydrogen (secondary N) is 1. The lowest BCUT2D eigenvalue weighted by Gasteiger charge is -2.21. The second kappa shape index (κ2) is 7.76. The number of aliphatic hydroxyl groups excluding tert-OH is 2. The zero-order chi connectivity index (χ0) is 15.1. The van der Waals surface area contributed by atoms with Crippen LogP contribution in [0.15, 0.2) is 12.1 Å². The Morgan fingerprint density at radius 2 is 1.70 bits per heavy atom. The first-order chi connectivity index (χ1) is 9.54. The van der Waals surface area contributed by atoms with Crippen LogP contribution < -0.4 is 5.32 Å². The zero-order valence-corrected chi connectivity index (χ0v) is 11.2. The maximum atomic E-state index is 13.7. The van der Waals surface area contributed by atoms with Crippen LogP contribution in [-0.2, 0) is 0 Å². The van der Waals surface area contributed by atoms with Gasteiger partial charge in [0.2, 0.25) is 0 Å². The monoisotopic (exact) mass is 288 g/mol. The van der Waals surface area contributed by atoms with Crippen molar-refractivity contribution in [3.63, 3.8) is 0 Å². The van der Waals surface area contributed by atoms with Crippen LogP contribution in [0.4, 0.5) is 14.5 Å². The van der Waals surface area contributed by atoms with Crippen LogP contribution in [0.2, 0.25) is 0 Å². The molecule has 0 atom stereocenters. The number of nitrogens with zero attached hydrogens (tertiary/aromatic N) is 1. The largest absolute Gasteiger partial charge is 0.395 e. The third-order valence-electron chi connectivity index (χ3n) is 2.67. The van der Waals surface area contributed by atoms with Crippen molar-refractivity contribution in [3.05, 3.63) is 29.3 Å². The number of anilines is 1. The lowest BCUT2D eigenvalue weighted by atomic mass is 10.1. The van der Waals surface area contributed by atoms with Crippen molar-refractivity contribution in [1.82, 2.24) is 4.90 Å². The Labute approximate surface area is 115 Å². The van der Waals surface area contributed by atoms with Gasteiger partial charge in [0, 0.05) is 25.2 Å². The molecular formula is C13H18F2N2O3. The van der Waals surface area contributed by atoms with Crippen LogP contribution in [0, 0.1) is 11.6 Å². The van der Waals surface area contributed by atoms with E-state index in [9.17, 15) is 13.6 Å². The first kappa shape index (κ1) is 16.3. The highest BCUT2D eigenvalue weighted by Crippen LogP contribution is 2.21. The topological polar surface area (TPSA) is 72.8 Å². The first-order valence-electron chi connectivity index (χ1n) is 6.29. The molecule has 1 aromatic rings. The van der Waals surface area contributed by atoms with E-state index in [-0.39, 0.29) is 37.6 Å². The summed E-state index contributed by atoms with van der Waals surface area (Å²) in [7, 11) is 0. The summed E-state index contributed by atoms with van der Waals surface area (Å²) in [5.41, 5.74) is -0.441. The molecule has 0 heterocycles. The van der Waals surface area contributed by atoms with Crippen molar-refractivity contribution in [2.75, 3.05) is 38.2 Å². The molecule has 0 saturated carbocycles. The van der Waals surface area contributed by atoms with E-state index in [4.69, 9.17) is 10.2 Å². The van der Waals surface area contributed by atoms with Gasteiger partial charge >= 0.3 is 0 Å². The number of hydrogen-bond acceptors (Lipinski definition) is 4. The van der Waals surface area contributed by atoms with Gasteiger partial charge in [0.05, 0.1) is 13.2 Å². The van der Waals surface area contributed by atoms with E-state index >= 15 is 0 Å². The molecule has 0 aliphatic carbocycles. The molecule has 0 unspecified atom stereocenters. The molecule has 5 nitrogen and oxygen atoms in total. The highest BCUT2D eigenvalue weighted by atomic mass is 19.1. The normalized spacial score (nSPS) is 10.4. The number of halogens is 2. The van der Waals surface area contributed by atoms with Crippen molar-refractivity contribution < 1.29 is 23.8 Å². The van der Waals surface area contributed by atoms with E-state index in [0.717, 1.165) is 17.0 Å². The molecular weight excluding hydrogens is 270 g/mol. The molecule has 1 amide bonds. The third kappa shape index (κ3) is 3.88. The molecule has 0 aliphatic heterocycles. The molecule has 112 valence electrons. The van der Waals surface area contributed by atoms with E-state index in [2.05, 4.69) is 5.32 Å². The summed E-state index contributed by atoms with van der Waals surface area (Å²) in [4.78, 5) is 13.2. The molecule has 7 heteroatoms. The maximum Gasteiger partial charge on any atom is 0.254 e. The fraction of sp³-hybridized carbons (Fsp3) is 0.462. The molecule has 0 bridgehead atoms. The quantitative estimate of drug-likeness (QED) is 0.694. The molecule has 1 aromatic carbocycles. The van der Waals surface area contributed by atoms with Crippen LogP contribution in [0.5, 0.6) is 0 Å². The Balaban J connectivity index is 3.03. The fourth-order valence-electron chi connectivity index (χ4n) is 1.78. The van der Waals surface area contributed by atoms with Crippen molar-refractivity contribution >= 4 is 11.6 Å². The summed E-state index contributed by atoms with van der Waals surface area (Å²) in [6, 6.07) is 1.87. The number of amides is 1. The molecule has 1 rings (SSSR count). The molecule has 0 radical (unpaired) electrons. The highest BCUT2D eigenvalue weighted by Gasteiger charge is 2.19. The number of benzene rings is 1. The Kier molecular flexibility index (Phi) is 6.33. The summed E-state index contributed by atoms with van der Waals surface area (Å²) in [5.74, 6) is -2.36. The number of carbonyl (C=O) groups is 1. The summed E-state index contributed by atoms with van der Waals surface area (Å²) < 4.78 is 27.4. The summed E-state index contributed by atoms with van der Waals surface area (Å²) in [6.07, 6.45) is 0. The van der Waals surface area contributed by atoms with E-state index in [0.29, 0.717) is 6.54 Å². The Hall–Kier alpha value is -1.73. The fourth-order valence-corrected chi connectivity index (χ4v) is 1.78. The number of carbonyl (C=O) groups excluding carboxylic acids is 1. The molecule has 3 N–H and O–H groups in total. The van der Waals surface area contributed by atoms with Gasteiger partial charge in [-0.3, -0.25) is 4.79 Å². The predicted octanol–water partition coefficient (Wildman–Crippen LogP) is 0.823. The van der Waals surface area contributed by atoms with Crippen LogP contribution in [0.25, 0.3) is 0 Å². The molecule has 20 heavy (non-hydrogen) atoms. The minimum atomic E-state index is -0.858. The second-order valence-electron chi connectivity index (χ2n) is 4.08. The van der Waals surface area contributed by atoms with Gasteiger partial charge < -0.3 is 20.4 Å². The number of aliphatic hydroxyl groups is 2. The second-order valence-corrected chi connectivity index (χ2v) is 4.08. The van der Waals surface area contributed by atoms with E-state index in [1.807, 2.05) is 0 Å². The van der Waals surface area contributed by atoms with Gasteiger partial charge in [0.1, 0.15) is 17.3 Å². The average molecular weight is 288 g/mol. The van der Waals surface area contributed by atoms with Gasteiger partial charge in [-0.05, 0) is 19.1 Å². The minimum Gasteiger partial charge on any atom is -0.395 e. The minimum absolute atomic E-state index is 0.0163. The van der Waals surface area contributed by atoms with Crippen molar-refractivity contribution in [3.8, 4) is 0 Å². The van der Waals surface area contributed by atoms with Crippen LogP contribution in [-0.4, -0.2) is 53.9 Å². The summed E-state index contributed by atoms with van der Waals surface area (Å²) in [6.45, 7) is 1.41. The summed E-state index contributed by atoms with van der Waals surface area (Å²) in [5, 5.41) is 20.2. The Morgan fingerprint density at radius 1 is 1.20 bits per heavy atom. The zero-order valence-electron chi connectivity index (χ0n) is 11.2. The molecule has 0 fully saturated rings. The van der Waals surface area contributed by atoms with Gasteiger partial charge in [-0.15, -0.1) is 0 Å². The standard InChI is InChI=1S/C13H18F2N2O3/c1-2-16-12-10(14)7-9(8-11(12)15)13(20)17(3-5-18)4-6-19/h7-8,16,18-19H,2-6H2,1H3. The van der Waals surface area contributed by atoms with Crippen molar-refractivity contribution in [2.24, 2.45) is 0 Å². The Morgan fingerprint density at radius 3 is 2.10 bits per heavy atom. The third-order valence-corrected chi connectivity index (χ3v) is 2.67. The molecule has 0 aliphatic rings. The first-order valence-corrected chi connectivity index (χ1v) is 6.29. The number of rotatable bonds is 7. The predicted molar refractivity (Wildman–Crippen MR) is 70.6 cm³/mol. The maximum absolute atomic E-state index is 13.7. The van der Waals surface area contributed by atoms with Crippen LogP contribution >= 0.6 is 0 Å². The average Bonchev–Trinajstić information content (AvgIpc) is 2.41. The van der Waals surface area contributed by atoms with E-state index < -0.39 is 17.5 Å². The van der Waals surface area contributed by atoms with Crippen molar-refractivity contribution in [1.29, 1.82) is 0 Å². The van der Waals surface area contributed by atoms with Crippen molar-refractivity contribution in [2.45, 2.75) is 6.92 Å². The van der Waals surface area contributed by atoms with Gasteiger partial charge in [0.15, 0.2) is 0 Å². The van der Waals surface area contributed by atoms with Gasteiger partial charge in [-0.2, -0.15) is 0 Å². The Bertz CT molecular complexity index is 440. The van der Waals surface area contributed by atoms with Gasteiger partial charge in [-0.25, -0.2) is 8.78 Å². The lowest BCUT2D eigenvalue weighted by molar-refractivity contribution is 0.0684. The lowest BCUT2D eigenvalue weighted by Crippen LogP contribution is -2.36. The van der Waals surface area contributed by atoms with Gasteiger partial charge in [-0.1, -0.05) is 0 Å². The highest BCUT2D eigenvalue weighted by molar-refractivity contribution is 5.94. The van der Waals surface area contributed by atoms with E-state index in [1.54, 1.807) is 6.92 Å². The van der Waals surface area contributed by atoms with E-state index in [1.165, 1.54) is 0 Å². The number of hydrogen-bond donors (Lipinski definition) is 3. The molecule has 0 aromatic heterocycles. The van der Waals surface area contributed by atoms with Gasteiger partial charge in [0.25, 0.3) is 5.91 Å². The molecule has 0 saturated heterocycles. The molecule has 0 spiro atoms. The van der Waals surface area contributed by atoms with Crippen LogP contribution in [0.1, 0.15) is 17.3 Å². The summed E-state index contributed by atoms with van der Waals surface area (Å²) >= 11 is 0.